The molecular weight excluding hydrogens is 205 g/mol. The van der Waals surface area contributed by atoms with Gasteiger partial charge in [-0.1, -0.05) is 11.6 Å². The maximum Gasteiger partial charge on any atom is 0.573 e. The van der Waals surface area contributed by atoms with Gasteiger partial charge in [-0.05, 0) is 30.7 Å². The van der Waals surface area contributed by atoms with Crippen molar-refractivity contribution >= 4 is 11.6 Å². The third kappa shape index (κ3) is 3.14. The second-order valence-electron chi connectivity index (χ2n) is 2.46. The monoisotopic (exact) mass is 210 g/mol. The molecule has 0 amide bonds. The molecule has 72 valence electrons. The second kappa shape index (κ2) is 3.46. The van der Waals surface area contributed by atoms with Crippen LogP contribution in [-0.4, -0.2) is 6.36 Å². The lowest BCUT2D eigenvalue weighted by Gasteiger charge is -2.09. The average Bonchev–Trinajstić information content (AvgIpc) is 1.94. The van der Waals surface area contributed by atoms with Crippen molar-refractivity contribution in [1.82, 2.24) is 0 Å². The van der Waals surface area contributed by atoms with E-state index in [1.807, 2.05) is 0 Å². The van der Waals surface area contributed by atoms with E-state index in [0.29, 0.717) is 10.6 Å². The lowest BCUT2D eigenvalue weighted by Crippen LogP contribution is -2.17. The summed E-state index contributed by atoms with van der Waals surface area (Å²) in [6, 6.07) is 3.76. The number of rotatable bonds is 1. The molecule has 1 aromatic rings. The fraction of sp³-hybridized carbons (Fsp3) is 0.250. The van der Waals surface area contributed by atoms with Crippen LogP contribution < -0.4 is 4.74 Å². The Morgan fingerprint density at radius 2 is 1.92 bits per heavy atom. The number of aryl methyl sites for hydroxylation is 1. The molecule has 0 saturated heterocycles. The summed E-state index contributed by atoms with van der Waals surface area (Å²) in [4.78, 5) is 0. The Bertz CT molecular complexity index is 309. The number of hydrogen-bond donors (Lipinski definition) is 0. The van der Waals surface area contributed by atoms with Crippen LogP contribution in [0.1, 0.15) is 5.56 Å². The first kappa shape index (κ1) is 10.2. The van der Waals surface area contributed by atoms with Gasteiger partial charge in [0.15, 0.2) is 0 Å². The van der Waals surface area contributed by atoms with Crippen LogP contribution in [0, 0.1) is 6.92 Å². The van der Waals surface area contributed by atoms with E-state index in [1.165, 1.54) is 18.2 Å². The van der Waals surface area contributed by atoms with E-state index in [2.05, 4.69) is 4.74 Å². The Balaban J connectivity index is 2.86. The van der Waals surface area contributed by atoms with E-state index in [-0.39, 0.29) is 5.75 Å². The SMILES string of the molecule is Cc1cc(OC(F)(F)F)ccc1Cl. The predicted octanol–water partition coefficient (Wildman–Crippen LogP) is 3.55. The summed E-state index contributed by atoms with van der Waals surface area (Å²) in [6.45, 7) is 1.60. The Kier molecular flexibility index (Phi) is 2.71. The van der Waals surface area contributed by atoms with Crippen molar-refractivity contribution < 1.29 is 17.9 Å². The molecule has 0 aromatic heterocycles. The Hall–Kier alpha value is -0.900. The van der Waals surface area contributed by atoms with Crippen LogP contribution >= 0.6 is 11.6 Å². The molecule has 0 atom stereocenters. The highest BCUT2D eigenvalue weighted by Crippen LogP contribution is 2.26. The Labute approximate surface area is 78.1 Å². The van der Waals surface area contributed by atoms with Crippen molar-refractivity contribution in [2.45, 2.75) is 13.3 Å². The molecule has 0 bridgehead atoms. The van der Waals surface area contributed by atoms with Crippen LogP contribution in [-0.2, 0) is 0 Å². The molecule has 1 aromatic carbocycles. The van der Waals surface area contributed by atoms with Gasteiger partial charge in [0.1, 0.15) is 5.75 Å². The molecule has 0 N–H and O–H groups in total. The van der Waals surface area contributed by atoms with Gasteiger partial charge in [0.05, 0.1) is 0 Å². The second-order valence-corrected chi connectivity index (χ2v) is 2.87. The van der Waals surface area contributed by atoms with E-state index >= 15 is 0 Å². The highest BCUT2D eigenvalue weighted by atomic mass is 35.5. The zero-order chi connectivity index (χ0) is 10.1. The lowest BCUT2D eigenvalue weighted by atomic mass is 10.2. The van der Waals surface area contributed by atoms with Crippen molar-refractivity contribution in [2.24, 2.45) is 0 Å². The van der Waals surface area contributed by atoms with Crippen molar-refractivity contribution in [1.29, 1.82) is 0 Å². The van der Waals surface area contributed by atoms with Gasteiger partial charge in [-0.2, -0.15) is 0 Å². The summed E-state index contributed by atoms with van der Waals surface area (Å²) in [7, 11) is 0. The summed E-state index contributed by atoms with van der Waals surface area (Å²) in [5.74, 6) is -0.255. The maximum absolute atomic E-state index is 11.7. The van der Waals surface area contributed by atoms with E-state index in [1.54, 1.807) is 6.92 Å². The van der Waals surface area contributed by atoms with Gasteiger partial charge in [0.25, 0.3) is 0 Å². The van der Waals surface area contributed by atoms with Gasteiger partial charge in [0, 0.05) is 5.02 Å². The number of benzene rings is 1. The largest absolute Gasteiger partial charge is 0.573 e. The van der Waals surface area contributed by atoms with E-state index in [9.17, 15) is 13.2 Å². The molecule has 0 aliphatic carbocycles. The molecule has 0 heterocycles. The molecule has 0 aliphatic rings. The third-order valence-corrected chi connectivity index (χ3v) is 1.79. The van der Waals surface area contributed by atoms with E-state index in [4.69, 9.17) is 11.6 Å². The smallest absolute Gasteiger partial charge is 0.406 e. The summed E-state index contributed by atoms with van der Waals surface area (Å²) in [5, 5.41) is 0.412. The minimum atomic E-state index is -4.65. The van der Waals surface area contributed by atoms with Gasteiger partial charge in [0.2, 0.25) is 0 Å². The van der Waals surface area contributed by atoms with Crippen LogP contribution in [0.2, 0.25) is 5.02 Å². The van der Waals surface area contributed by atoms with E-state index in [0.717, 1.165) is 0 Å². The summed E-state index contributed by atoms with van der Waals surface area (Å²) in [6.07, 6.45) is -4.65. The molecule has 0 radical (unpaired) electrons. The topological polar surface area (TPSA) is 9.23 Å². The Morgan fingerprint density at radius 3 is 2.38 bits per heavy atom. The molecule has 5 heteroatoms. The first-order valence-corrected chi connectivity index (χ1v) is 3.78. The number of hydrogen-bond acceptors (Lipinski definition) is 1. The molecule has 1 rings (SSSR count). The quantitative estimate of drug-likeness (QED) is 0.689. The average molecular weight is 211 g/mol. The van der Waals surface area contributed by atoms with Crippen LogP contribution in [0.5, 0.6) is 5.75 Å². The minimum Gasteiger partial charge on any atom is -0.406 e. The van der Waals surface area contributed by atoms with Crippen LogP contribution in [0.4, 0.5) is 13.2 Å². The fourth-order valence-corrected chi connectivity index (χ4v) is 0.932. The van der Waals surface area contributed by atoms with Gasteiger partial charge in [-0.15, -0.1) is 13.2 Å². The van der Waals surface area contributed by atoms with E-state index < -0.39 is 6.36 Å². The van der Waals surface area contributed by atoms with Crippen molar-refractivity contribution in [3.8, 4) is 5.75 Å². The number of halogens is 4. The highest BCUT2D eigenvalue weighted by Gasteiger charge is 2.31. The molecular formula is C8H6ClF3O. The van der Waals surface area contributed by atoms with Crippen LogP contribution in [0.3, 0.4) is 0 Å². The fourth-order valence-electron chi connectivity index (χ4n) is 0.814. The minimum absolute atomic E-state index is 0.255. The van der Waals surface area contributed by atoms with Gasteiger partial charge < -0.3 is 4.74 Å². The van der Waals surface area contributed by atoms with Crippen molar-refractivity contribution in [3.63, 3.8) is 0 Å². The molecule has 0 spiro atoms. The van der Waals surface area contributed by atoms with Crippen molar-refractivity contribution in [3.05, 3.63) is 28.8 Å². The number of ether oxygens (including phenoxy) is 1. The summed E-state index contributed by atoms with van der Waals surface area (Å²) in [5.41, 5.74) is 0.545. The van der Waals surface area contributed by atoms with Crippen LogP contribution in [0.25, 0.3) is 0 Å². The first-order chi connectivity index (χ1) is 5.88. The van der Waals surface area contributed by atoms with Gasteiger partial charge in [-0.3, -0.25) is 0 Å². The van der Waals surface area contributed by atoms with Gasteiger partial charge in [-0.25, -0.2) is 0 Å². The standard InChI is InChI=1S/C8H6ClF3O/c1-5-4-6(2-3-7(5)9)13-8(10,11)12/h2-4H,1H3. The molecule has 13 heavy (non-hydrogen) atoms. The van der Waals surface area contributed by atoms with Gasteiger partial charge >= 0.3 is 6.36 Å². The van der Waals surface area contributed by atoms with Crippen molar-refractivity contribution in [2.75, 3.05) is 0 Å². The summed E-state index contributed by atoms with van der Waals surface area (Å²) >= 11 is 5.62. The third-order valence-electron chi connectivity index (χ3n) is 1.36. The molecule has 0 unspecified atom stereocenters. The molecule has 0 saturated carbocycles. The van der Waals surface area contributed by atoms with Crippen LogP contribution in [0.15, 0.2) is 18.2 Å². The molecule has 1 nitrogen and oxygen atoms in total. The zero-order valence-corrected chi connectivity index (χ0v) is 7.41. The number of alkyl halides is 3. The highest BCUT2D eigenvalue weighted by molar-refractivity contribution is 6.31. The predicted molar refractivity (Wildman–Crippen MR) is 42.9 cm³/mol. The summed E-state index contributed by atoms with van der Waals surface area (Å²) < 4.78 is 38.8. The zero-order valence-electron chi connectivity index (χ0n) is 6.65. The first-order valence-electron chi connectivity index (χ1n) is 3.40. The molecule has 0 aliphatic heterocycles. The normalized spacial score (nSPS) is 11.5. The molecule has 0 fully saturated rings. The lowest BCUT2D eigenvalue weighted by molar-refractivity contribution is -0.274. The maximum atomic E-state index is 11.7. The Morgan fingerprint density at radius 1 is 1.31 bits per heavy atom.